The lowest BCUT2D eigenvalue weighted by molar-refractivity contribution is 0.679. The first-order valence-electron chi connectivity index (χ1n) is 4.40. The van der Waals surface area contributed by atoms with E-state index in [0.29, 0.717) is 6.04 Å². The molecular formula is C9H16NS. The zero-order valence-electron chi connectivity index (χ0n) is 7.12. The summed E-state index contributed by atoms with van der Waals surface area (Å²) in [7, 11) is 0. The van der Waals surface area contributed by atoms with Gasteiger partial charge >= 0.3 is 0 Å². The van der Waals surface area contributed by atoms with Crippen LogP contribution in [0, 0.1) is 6.42 Å². The molecule has 0 aromatic rings. The van der Waals surface area contributed by atoms with Gasteiger partial charge < -0.3 is 0 Å². The molecule has 0 fully saturated rings. The zero-order chi connectivity index (χ0) is 7.94. The monoisotopic (exact) mass is 170 g/mol. The molecule has 0 aromatic heterocycles. The van der Waals surface area contributed by atoms with Gasteiger partial charge in [0.25, 0.3) is 0 Å². The number of thioether (sulfide) groups is 1. The average Bonchev–Trinajstić information content (AvgIpc) is 2.50. The van der Waals surface area contributed by atoms with Gasteiger partial charge in [-0.25, -0.2) is 0 Å². The molecule has 0 aliphatic carbocycles. The van der Waals surface area contributed by atoms with Crippen LogP contribution in [0.1, 0.15) is 32.6 Å². The molecule has 0 aromatic carbocycles. The highest BCUT2D eigenvalue weighted by atomic mass is 32.2. The number of hydrogen-bond acceptors (Lipinski definition) is 2. The fourth-order valence-electron chi connectivity index (χ4n) is 1.14. The first kappa shape index (κ1) is 9.11. The van der Waals surface area contributed by atoms with Crippen LogP contribution in [0.2, 0.25) is 0 Å². The largest absolute Gasteiger partial charge is 0.282 e. The number of unbranched alkanes of at least 4 members (excludes halogenated alkanes) is 3. The second-order valence-electron chi connectivity index (χ2n) is 2.89. The molecule has 0 saturated carbocycles. The Morgan fingerprint density at radius 3 is 3.18 bits per heavy atom. The second-order valence-corrected chi connectivity index (χ2v) is 3.76. The molecule has 0 N–H and O–H groups in total. The molecule has 1 nitrogen and oxygen atoms in total. The van der Waals surface area contributed by atoms with Crippen molar-refractivity contribution in [2.24, 2.45) is 4.99 Å². The number of aliphatic imine (C=N–C) groups is 1. The lowest BCUT2D eigenvalue weighted by atomic mass is 10.1. The van der Waals surface area contributed by atoms with Gasteiger partial charge in [0.05, 0.1) is 11.6 Å². The minimum Gasteiger partial charge on any atom is -0.282 e. The van der Waals surface area contributed by atoms with Gasteiger partial charge in [-0.15, -0.1) is 11.8 Å². The Kier molecular flexibility index (Phi) is 4.67. The van der Waals surface area contributed by atoms with Crippen LogP contribution in [-0.2, 0) is 0 Å². The minimum atomic E-state index is 0.525. The molecule has 1 aliphatic heterocycles. The van der Waals surface area contributed by atoms with Gasteiger partial charge in [0.15, 0.2) is 0 Å². The Hall–Kier alpha value is 0.0200. The van der Waals surface area contributed by atoms with Gasteiger partial charge in [0.1, 0.15) is 0 Å². The summed E-state index contributed by atoms with van der Waals surface area (Å²) in [6.45, 7) is 2.24. The Bertz CT molecular complexity index is 123. The highest BCUT2D eigenvalue weighted by Gasteiger charge is 2.09. The van der Waals surface area contributed by atoms with E-state index < -0.39 is 0 Å². The molecule has 2 heteroatoms. The molecule has 1 radical (unpaired) electrons. The molecule has 0 amide bonds. The molecule has 1 rings (SSSR count). The molecule has 1 unspecified atom stereocenters. The summed E-state index contributed by atoms with van der Waals surface area (Å²) in [5.41, 5.74) is 1.97. The van der Waals surface area contributed by atoms with Gasteiger partial charge in [-0.1, -0.05) is 26.2 Å². The van der Waals surface area contributed by atoms with E-state index in [1.807, 2.05) is 17.3 Å². The third-order valence-corrected chi connectivity index (χ3v) is 2.65. The van der Waals surface area contributed by atoms with Crippen molar-refractivity contribution in [3.8, 4) is 0 Å². The van der Waals surface area contributed by atoms with Crippen molar-refractivity contribution in [1.29, 1.82) is 0 Å². The van der Waals surface area contributed by atoms with Gasteiger partial charge in [-0.3, -0.25) is 4.99 Å². The smallest absolute Gasteiger partial charge is 0.0631 e. The van der Waals surface area contributed by atoms with Crippen LogP contribution in [0.3, 0.4) is 0 Å². The van der Waals surface area contributed by atoms with E-state index in [-0.39, 0.29) is 0 Å². The average molecular weight is 170 g/mol. The quantitative estimate of drug-likeness (QED) is 0.578. The normalized spacial score (nSPS) is 22.8. The van der Waals surface area contributed by atoms with E-state index in [1.54, 1.807) is 0 Å². The minimum absolute atomic E-state index is 0.525. The van der Waals surface area contributed by atoms with Crippen LogP contribution in [0.15, 0.2) is 4.99 Å². The molecule has 0 spiro atoms. The summed E-state index contributed by atoms with van der Waals surface area (Å²) >= 11 is 1.82. The lowest BCUT2D eigenvalue weighted by Gasteiger charge is -2.03. The van der Waals surface area contributed by atoms with Crippen molar-refractivity contribution in [1.82, 2.24) is 0 Å². The lowest BCUT2D eigenvalue weighted by Crippen LogP contribution is -2.03. The Labute approximate surface area is 73.7 Å². The maximum Gasteiger partial charge on any atom is 0.0631 e. The predicted octanol–water partition coefficient (Wildman–Crippen LogP) is 2.91. The molecule has 1 atom stereocenters. The van der Waals surface area contributed by atoms with Crippen LogP contribution in [0.4, 0.5) is 0 Å². The summed E-state index contributed by atoms with van der Waals surface area (Å²) in [6, 6.07) is 0.525. The molecule has 1 heterocycles. The summed E-state index contributed by atoms with van der Waals surface area (Å²) in [6.07, 6.45) is 7.62. The first-order valence-corrected chi connectivity index (χ1v) is 5.45. The zero-order valence-corrected chi connectivity index (χ0v) is 7.94. The SMILES string of the molecule is CCCCC[CH]C1CSC=N1. The summed E-state index contributed by atoms with van der Waals surface area (Å²) in [4.78, 5) is 4.32. The van der Waals surface area contributed by atoms with E-state index in [1.165, 1.54) is 31.4 Å². The van der Waals surface area contributed by atoms with Crippen LogP contribution in [0.5, 0.6) is 0 Å². The molecule has 0 saturated heterocycles. The van der Waals surface area contributed by atoms with Gasteiger partial charge in [-0.2, -0.15) is 0 Å². The number of rotatable bonds is 5. The third kappa shape index (κ3) is 3.80. The number of nitrogens with zero attached hydrogens (tertiary/aromatic N) is 1. The van der Waals surface area contributed by atoms with E-state index in [2.05, 4.69) is 18.3 Å². The van der Waals surface area contributed by atoms with Crippen molar-refractivity contribution in [3.63, 3.8) is 0 Å². The van der Waals surface area contributed by atoms with Gasteiger partial charge in [-0.05, 0) is 12.8 Å². The first-order chi connectivity index (χ1) is 5.43. The van der Waals surface area contributed by atoms with Crippen molar-refractivity contribution < 1.29 is 0 Å². The molecule has 1 aliphatic rings. The van der Waals surface area contributed by atoms with Crippen LogP contribution in [0.25, 0.3) is 0 Å². The Morgan fingerprint density at radius 1 is 1.64 bits per heavy atom. The number of hydrogen-bond donors (Lipinski definition) is 0. The molecule has 11 heavy (non-hydrogen) atoms. The van der Waals surface area contributed by atoms with Crippen molar-refractivity contribution >= 4 is 17.3 Å². The van der Waals surface area contributed by atoms with Crippen LogP contribution >= 0.6 is 11.8 Å². The van der Waals surface area contributed by atoms with Gasteiger partial charge in [0.2, 0.25) is 0 Å². The van der Waals surface area contributed by atoms with E-state index in [4.69, 9.17) is 0 Å². The standard InChI is InChI=1S/C9H16NS/c1-2-3-4-5-6-9-7-11-8-10-9/h6,8-9H,2-5,7H2,1H3. The predicted molar refractivity (Wildman–Crippen MR) is 53.2 cm³/mol. The highest BCUT2D eigenvalue weighted by Crippen LogP contribution is 2.16. The summed E-state index contributed by atoms with van der Waals surface area (Å²) < 4.78 is 0. The maximum absolute atomic E-state index is 4.32. The molecular weight excluding hydrogens is 154 g/mol. The molecule has 63 valence electrons. The summed E-state index contributed by atoms with van der Waals surface area (Å²) in [5, 5.41) is 0. The summed E-state index contributed by atoms with van der Waals surface area (Å²) in [5.74, 6) is 1.17. The van der Waals surface area contributed by atoms with Gasteiger partial charge in [0, 0.05) is 5.75 Å². The van der Waals surface area contributed by atoms with E-state index >= 15 is 0 Å². The van der Waals surface area contributed by atoms with Crippen molar-refractivity contribution in [3.05, 3.63) is 6.42 Å². The van der Waals surface area contributed by atoms with Crippen molar-refractivity contribution in [2.45, 2.75) is 38.6 Å². The maximum atomic E-state index is 4.32. The second kappa shape index (κ2) is 5.64. The van der Waals surface area contributed by atoms with Crippen LogP contribution in [-0.4, -0.2) is 17.3 Å². The van der Waals surface area contributed by atoms with Crippen LogP contribution < -0.4 is 0 Å². The topological polar surface area (TPSA) is 12.4 Å². The van der Waals surface area contributed by atoms with E-state index in [9.17, 15) is 0 Å². The fraction of sp³-hybridized carbons (Fsp3) is 0.778. The Morgan fingerprint density at radius 2 is 2.55 bits per heavy atom. The van der Waals surface area contributed by atoms with Crippen molar-refractivity contribution in [2.75, 3.05) is 5.75 Å². The molecule has 0 bridgehead atoms. The Balaban J connectivity index is 1.90. The fourth-order valence-corrected chi connectivity index (χ4v) is 1.89. The van der Waals surface area contributed by atoms with E-state index in [0.717, 1.165) is 0 Å². The third-order valence-electron chi connectivity index (χ3n) is 1.84. The highest BCUT2D eigenvalue weighted by molar-refractivity contribution is 8.12.